The highest BCUT2D eigenvalue weighted by molar-refractivity contribution is 5.66. The van der Waals surface area contributed by atoms with Gasteiger partial charge in [-0.05, 0) is 30.3 Å². The number of aromatic nitrogens is 4. The van der Waals surface area contributed by atoms with E-state index in [1.54, 1.807) is 31.1 Å². The lowest BCUT2D eigenvalue weighted by Crippen LogP contribution is -1.89. The highest BCUT2D eigenvalue weighted by atomic mass is 14.8. The van der Waals surface area contributed by atoms with Crippen molar-refractivity contribution >= 4 is 0 Å². The summed E-state index contributed by atoms with van der Waals surface area (Å²) < 4.78 is 0. The Bertz CT molecular complexity index is 583. The Labute approximate surface area is 104 Å². The first-order chi connectivity index (χ1) is 8.93. The van der Waals surface area contributed by atoms with E-state index >= 15 is 0 Å². The lowest BCUT2D eigenvalue weighted by Gasteiger charge is -2.03. The summed E-state index contributed by atoms with van der Waals surface area (Å²) in [4.78, 5) is 16.7. The number of hydrogen-bond acceptors (Lipinski definition) is 4. The summed E-state index contributed by atoms with van der Waals surface area (Å²) in [5.74, 6) is 0. The Balaban J connectivity index is 2.05. The highest BCUT2D eigenvalue weighted by Crippen LogP contribution is 2.20. The van der Waals surface area contributed by atoms with E-state index in [0.29, 0.717) is 0 Å². The topological polar surface area (TPSA) is 51.6 Å². The molecule has 3 aromatic rings. The van der Waals surface area contributed by atoms with E-state index in [2.05, 4.69) is 19.9 Å². The molecule has 0 atom stereocenters. The van der Waals surface area contributed by atoms with Gasteiger partial charge in [-0.2, -0.15) is 0 Å². The molecule has 0 aromatic carbocycles. The van der Waals surface area contributed by atoms with Crippen LogP contribution in [0.2, 0.25) is 0 Å². The molecule has 0 amide bonds. The molecule has 0 aliphatic carbocycles. The van der Waals surface area contributed by atoms with Gasteiger partial charge in [-0.15, -0.1) is 0 Å². The van der Waals surface area contributed by atoms with Crippen molar-refractivity contribution < 1.29 is 0 Å². The van der Waals surface area contributed by atoms with Crippen molar-refractivity contribution in [3.63, 3.8) is 0 Å². The third-order valence-electron chi connectivity index (χ3n) is 2.58. The molecule has 0 radical (unpaired) electrons. The summed E-state index contributed by atoms with van der Waals surface area (Å²) in [6, 6.07) is 9.67. The van der Waals surface area contributed by atoms with Crippen LogP contribution in [0, 0.1) is 0 Å². The zero-order valence-electron chi connectivity index (χ0n) is 9.56. The van der Waals surface area contributed by atoms with Crippen molar-refractivity contribution in [2.75, 3.05) is 0 Å². The van der Waals surface area contributed by atoms with Crippen LogP contribution in [-0.4, -0.2) is 19.9 Å². The lowest BCUT2D eigenvalue weighted by atomic mass is 10.1. The Morgan fingerprint density at radius 2 is 1.28 bits per heavy atom. The maximum absolute atomic E-state index is 4.26. The molecule has 0 aliphatic heterocycles. The fraction of sp³-hybridized carbons (Fsp3) is 0. The first-order valence-corrected chi connectivity index (χ1v) is 5.56. The van der Waals surface area contributed by atoms with Crippen LogP contribution in [0.5, 0.6) is 0 Å². The smallest absolute Gasteiger partial charge is 0.116 e. The Kier molecular flexibility index (Phi) is 2.75. The van der Waals surface area contributed by atoms with Crippen LogP contribution in [0.4, 0.5) is 0 Å². The van der Waals surface area contributed by atoms with Gasteiger partial charge in [0.25, 0.3) is 0 Å². The van der Waals surface area contributed by atoms with Crippen LogP contribution in [0.25, 0.3) is 22.5 Å². The van der Waals surface area contributed by atoms with E-state index in [-0.39, 0.29) is 0 Å². The molecular weight excluding hydrogens is 224 g/mol. The van der Waals surface area contributed by atoms with Crippen LogP contribution in [0.15, 0.2) is 61.4 Å². The molecule has 0 N–H and O–H groups in total. The molecular formula is C14H10N4. The largest absolute Gasteiger partial charge is 0.264 e. The summed E-state index contributed by atoms with van der Waals surface area (Å²) >= 11 is 0. The molecule has 0 aliphatic rings. The van der Waals surface area contributed by atoms with Crippen LogP contribution in [0.1, 0.15) is 0 Å². The maximum Gasteiger partial charge on any atom is 0.116 e. The van der Waals surface area contributed by atoms with E-state index in [9.17, 15) is 0 Å². The summed E-state index contributed by atoms with van der Waals surface area (Å²) in [5.41, 5.74) is 3.67. The molecule has 0 saturated heterocycles. The summed E-state index contributed by atoms with van der Waals surface area (Å²) in [5, 5.41) is 0. The monoisotopic (exact) mass is 234 g/mol. The van der Waals surface area contributed by atoms with Crippen molar-refractivity contribution in [3.05, 3.63) is 61.4 Å². The van der Waals surface area contributed by atoms with Gasteiger partial charge in [0, 0.05) is 35.9 Å². The third kappa shape index (κ3) is 2.08. The average molecular weight is 234 g/mol. The molecule has 3 rings (SSSR count). The van der Waals surface area contributed by atoms with Crippen molar-refractivity contribution in [1.29, 1.82) is 0 Å². The first-order valence-electron chi connectivity index (χ1n) is 5.56. The van der Waals surface area contributed by atoms with Gasteiger partial charge >= 0.3 is 0 Å². The molecule has 86 valence electrons. The van der Waals surface area contributed by atoms with Gasteiger partial charge in [0.1, 0.15) is 6.33 Å². The molecule has 4 heteroatoms. The summed E-state index contributed by atoms with van der Waals surface area (Å²) in [7, 11) is 0. The number of hydrogen-bond donors (Lipinski definition) is 0. The molecule has 0 bridgehead atoms. The van der Waals surface area contributed by atoms with Gasteiger partial charge < -0.3 is 0 Å². The zero-order chi connectivity index (χ0) is 12.2. The van der Waals surface area contributed by atoms with Crippen LogP contribution >= 0.6 is 0 Å². The van der Waals surface area contributed by atoms with Gasteiger partial charge in [0.2, 0.25) is 0 Å². The molecule has 0 spiro atoms. The second kappa shape index (κ2) is 4.71. The minimum Gasteiger partial charge on any atom is -0.264 e. The van der Waals surface area contributed by atoms with Crippen molar-refractivity contribution in [2.45, 2.75) is 0 Å². The fourth-order valence-corrected chi connectivity index (χ4v) is 1.70. The zero-order valence-corrected chi connectivity index (χ0v) is 9.56. The van der Waals surface area contributed by atoms with Gasteiger partial charge in [0.05, 0.1) is 11.4 Å². The molecule has 3 heterocycles. The predicted octanol–water partition coefficient (Wildman–Crippen LogP) is 2.60. The van der Waals surface area contributed by atoms with Gasteiger partial charge in [-0.1, -0.05) is 0 Å². The lowest BCUT2D eigenvalue weighted by molar-refractivity contribution is 1.16. The molecule has 0 unspecified atom stereocenters. The molecule has 0 fully saturated rings. The standard InChI is InChI=1S/C14H10N4/c1-3-11(8-15-5-1)13-7-14(18-10-17-13)12-4-2-6-16-9-12/h1-10H. The van der Waals surface area contributed by atoms with E-state index in [1.165, 1.54) is 0 Å². The van der Waals surface area contributed by atoms with Gasteiger partial charge in [-0.25, -0.2) is 9.97 Å². The Hall–Kier alpha value is -2.62. The SMILES string of the molecule is c1cncc(-c2cc(-c3cccnc3)ncn2)c1. The predicted molar refractivity (Wildman–Crippen MR) is 68.5 cm³/mol. The van der Waals surface area contributed by atoms with Gasteiger partial charge in [0.15, 0.2) is 0 Å². The number of pyridine rings is 2. The van der Waals surface area contributed by atoms with Crippen molar-refractivity contribution in [1.82, 2.24) is 19.9 Å². The second-order valence-corrected chi connectivity index (χ2v) is 3.77. The number of rotatable bonds is 2. The van der Waals surface area contributed by atoms with E-state index < -0.39 is 0 Å². The second-order valence-electron chi connectivity index (χ2n) is 3.77. The summed E-state index contributed by atoms with van der Waals surface area (Å²) in [6.07, 6.45) is 8.62. The molecule has 4 nitrogen and oxygen atoms in total. The Morgan fingerprint density at radius 1 is 0.722 bits per heavy atom. The molecule has 0 saturated carbocycles. The third-order valence-corrected chi connectivity index (χ3v) is 2.58. The molecule has 18 heavy (non-hydrogen) atoms. The Morgan fingerprint density at radius 3 is 1.72 bits per heavy atom. The molecule has 3 aromatic heterocycles. The van der Waals surface area contributed by atoms with E-state index in [1.807, 2.05) is 30.3 Å². The summed E-state index contributed by atoms with van der Waals surface area (Å²) in [6.45, 7) is 0. The van der Waals surface area contributed by atoms with E-state index in [0.717, 1.165) is 22.5 Å². The normalized spacial score (nSPS) is 10.2. The first kappa shape index (κ1) is 10.5. The maximum atomic E-state index is 4.26. The van der Waals surface area contributed by atoms with Crippen LogP contribution in [0.3, 0.4) is 0 Å². The van der Waals surface area contributed by atoms with Crippen LogP contribution < -0.4 is 0 Å². The van der Waals surface area contributed by atoms with E-state index in [4.69, 9.17) is 0 Å². The number of nitrogens with zero attached hydrogens (tertiary/aromatic N) is 4. The minimum absolute atomic E-state index is 0.858. The minimum atomic E-state index is 0.858. The van der Waals surface area contributed by atoms with Crippen molar-refractivity contribution in [2.24, 2.45) is 0 Å². The quantitative estimate of drug-likeness (QED) is 0.684. The average Bonchev–Trinajstić information content (AvgIpc) is 2.49. The highest BCUT2D eigenvalue weighted by Gasteiger charge is 2.03. The van der Waals surface area contributed by atoms with Crippen molar-refractivity contribution in [3.8, 4) is 22.5 Å². The van der Waals surface area contributed by atoms with Crippen LogP contribution in [-0.2, 0) is 0 Å². The van der Waals surface area contributed by atoms with Gasteiger partial charge in [-0.3, -0.25) is 9.97 Å². The fourth-order valence-electron chi connectivity index (χ4n) is 1.70.